The molecule has 2 aromatic heterocycles. The molecule has 0 fully saturated rings. The fourth-order valence-corrected chi connectivity index (χ4v) is 1.24. The smallest absolute Gasteiger partial charge is 0.137 e. The molecule has 2 N–H and O–H groups in total. The topological polar surface area (TPSA) is 73.9 Å². The second-order valence-electron chi connectivity index (χ2n) is 2.94. The summed E-state index contributed by atoms with van der Waals surface area (Å²) < 4.78 is 5.07. The molecule has 0 unspecified atom stereocenters. The van der Waals surface area contributed by atoms with E-state index in [4.69, 9.17) is 10.5 Å². The lowest BCUT2D eigenvalue weighted by atomic mass is 10.1. The van der Waals surface area contributed by atoms with Crippen molar-refractivity contribution < 1.29 is 4.74 Å². The van der Waals surface area contributed by atoms with Crippen molar-refractivity contribution in [3.63, 3.8) is 0 Å². The summed E-state index contributed by atoms with van der Waals surface area (Å²) >= 11 is 0. The summed E-state index contributed by atoms with van der Waals surface area (Å²) in [5, 5.41) is 0. The van der Waals surface area contributed by atoms with Gasteiger partial charge in [-0.05, 0) is 6.07 Å². The Morgan fingerprint density at radius 3 is 2.80 bits per heavy atom. The van der Waals surface area contributed by atoms with Crippen LogP contribution in [-0.2, 0) is 0 Å². The van der Waals surface area contributed by atoms with Crippen molar-refractivity contribution in [2.45, 2.75) is 0 Å². The van der Waals surface area contributed by atoms with Crippen LogP contribution in [0.25, 0.3) is 11.1 Å². The molecule has 5 nitrogen and oxygen atoms in total. The van der Waals surface area contributed by atoms with Gasteiger partial charge < -0.3 is 10.5 Å². The van der Waals surface area contributed by atoms with Gasteiger partial charge in [-0.3, -0.25) is 4.98 Å². The van der Waals surface area contributed by atoms with Gasteiger partial charge in [-0.2, -0.15) is 0 Å². The maximum Gasteiger partial charge on any atom is 0.137 e. The highest BCUT2D eigenvalue weighted by molar-refractivity contribution is 5.72. The zero-order valence-corrected chi connectivity index (χ0v) is 8.21. The molecule has 0 saturated heterocycles. The van der Waals surface area contributed by atoms with E-state index in [0.29, 0.717) is 11.6 Å². The van der Waals surface area contributed by atoms with Gasteiger partial charge in [0, 0.05) is 23.5 Å². The highest BCUT2D eigenvalue weighted by atomic mass is 16.5. The molecule has 5 heteroatoms. The molecule has 0 saturated carbocycles. The summed E-state index contributed by atoms with van der Waals surface area (Å²) in [5.74, 6) is 1.11. The van der Waals surface area contributed by atoms with Crippen molar-refractivity contribution >= 4 is 5.82 Å². The Kier molecular flexibility index (Phi) is 2.45. The van der Waals surface area contributed by atoms with Crippen molar-refractivity contribution in [3.05, 3.63) is 31.0 Å². The van der Waals surface area contributed by atoms with Crippen molar-refractivity contribution in [2.75, 3.05) is 12.8 Å². The molecule has 15 heavy (non-hydrogen) atoms. The van der Waals surface area contributed by atoms with E-state index in [1.807, 2.05) is 6.07 Å². The Morgan fingerprint density at radius 1 is 1.20 bits per heavy atom. The fourth-order valence-electron chi connectivity index (χ4n) is 1.24. The number of ether oxygens (including phenoxy) is 1. The van der Waals surface area contributed by atoms with E-state index < -0.39 is 0 Å². The van der Waals surface area contributed by atoms with Gasteiger partial charge in [0.05, 0.1) is 13.3 Å². The predicted octanol–water partition coefficient (Wildman–Crippen LogP) is 1.13. The molecule has 0 radical (unpaired) electrons. The van der Waals surface area contributed by atoms with E-state index in [0.717, 1.165) is 11.1 Å². The third kappa shape index (κ3) is 1.85. The number of nitrogens with two attached hydrogens (primary N) is 1. The maximum atomic E-state index is 5.72. The number of hydrogen-bond acceptors (Lipinski definition) is 5. The SMILES string of the molecule is COc1cncc(-c2cncnc2N)c1. The average Bonchev–Trinajstić information content (AvgIpc) is 2.30. The highest BCUT2D eigenvalue weighted by Crippen LogP contribution is 2.24. The quantitative estimate of drug-likeness (QED) is 0.790. The molecule has 0 aromatic carbocycles. The largest absolute Gasteiger partial charge is 0.495 e. The normalized spacial score (nSPS) is 9.93. The van der Waals surface area contributed by atoms with Gasteiger partial charge in [0.15, 0.2) is 0 Å². The molecule has 0 amide bonds. The van der Waals surface area contributed by atoms with Crippen molar-refractivity contribution in [1.82, 2.24) is 15.0 Å². The third-order valence-electron chi connectivity index (χ3n) is 2.00. The summed E-state index contributed by atoms with van der Waals surface area (Å²) in [6.45, 7) is 0. The van der Waals surface area contributed by atoms with Gasteiger partial charge in [-0.1, -0.05) is 0 Å². The number of methoxy groups -OCH3 is 1. The Bertz CT molecular complexity index is 472. The molecule has 2 aromatic rings. The summed E-state index contributed by atoms with van der Waals surface area (Å²) in [6.07, 6.45) is 6.38. The molecule has 0 aliphatic heterocycles. The van der Waals surface area contributed by atoms with E-state index in [-0.39, 0.29) is 0 Å². The summed E-state index contributed by atoms with van der Waals surface area (Å²) in [7, 11) is 1.59. The molecular weight excluding hydrogens is 192 g/mol. The lowest BCUT2D eigenvalue weighted by Gasteiger charge is -2.04. The van der Waals surface area contributed by atoms with Crippen LogP contribution in [0.4, 0.5) is 5.82 Å². The first-order chi connectivity index (χ1) is 7.31. The summed E-state index contributed by atoms with van der Waals surface area (Å²) in [5.41, 5.74) is 7.32. The minimum Gasteiger partial charge on any atom is -0.495 e. The zero-order chi connectivity index (χ0) is 10.7. The van der Waals surface area contributed by atoms with Crippen LogP contribution in [0.2, 0.25) is 0 Å². The number of nitrogens with zero attached hydrogens (tertiary/aromatic N) is 3. The first-order valence-electron chi connectivity index (χ1n) is 4.36. The molecule has 76 valence electrons. The van der Waals surface area contributed by atoms with E-state index in [9.17, 15) is 0 Å². The Hall–Kier alpha value is -2.17. The van der Waals surface area contributed by atoms with Crippen LogP contribution in [0.5, 0.6) is 5.75 Å². The van der Waals surface area contributed by atoms with Gasteiger partial charge in [0.25, 0.3) is 0 Å². The molecule has 2 heterocycles. The van der Waals surface area contributed by atoms with Gasteiger partial charge in [0.2, 0.25) is 0 Å². The Labute approximate surface area is 87.0 Å². The lowest BCUT2D eigenvalue weighted by Crippen LogP contribution is -1.95. The summed E-state index contributed by atoms with van der Waals surface area (Å²) in [6, 6.07) is 1.84. The predicted molar refractivity (Wildman–Crippen MR) is 56.2 cm³/mol. The van der Waals surface area contributed by atoms with Crippen LogP contribution < -0.4 is 10.5 Å². The van der Waals surface area contributed by atoms with Crippen LogP contribution in [-0.4, -0.2) is 22.1 Å². The average molecular weight is 202 g/mol. The van der Waals surface area contributed by atoms with Crippen molar-refractivity contribution in [3.8, 4) is 16.9 Å². The van der Waals surface area contributed by atoms with Crippen LogP contribution in [0.1, 0.15) is 0 Å². The highest BCUT2D eigenvalue weighted by Gasteiger charge is 2.04. The van der Waals surface area contributed by atoms with E-state index in [2.05, 4.69) is 15.0 Å². The Balaban J connectivity index is 2.49. The fraction of sp³-hybridized carbons (Fsp3) is 0.100. The van der Waals surface area contributed by atoms with Crippen molar-refractivity contribution in [2.24, 2.45) is 0 Å². The van der Waals surface area contributed by atoms with E-state index in [1.165, 1.54) is 6.33 Å². The second-order valence-corrected chi connectivity index (χ2v) is 2.94. The molecule has 0 aliphatic rings. The molecule has 0 aliphatic carbocycles. The minimum atomic E-state index is 0.431. The number of anilines is 1. The first-order valence-corrected chi connectivity index (χ1v) is 4.36. The van der Waals surface area contributed by atoms with Gasteiger partial charge in [0.1, 0.15) is 17.9 Å². The third-order valence-corrected chi connectivity index (χ3v) is 2.00. The van der Waals surface area contributed by atoms with E-state index >= 15 is 0 Å². The molecule has 0 atom stereocenters. The van der Waals surface area contributed by atoms with E-state index in [1.54, 1.807) is 25.7 Å². The second kappa shape index (κ2) is 3.91. The minimum absolute atomic E-state index is 0.431. The number of pyridine rings is 1. The van der Waals surface area contributed by atoms with Crippen LogP contribution in [0, 0.1) is 0 Å². The van der Waals surface area contributed by atoms with Crippen LogP contribution >= 0.6 is 0 Å². The maximum absolute atomic E-state index is 5.72. The van der Waals surface area contributed by atoms with Crippen LogP contribution in [0.3, 0.4) is 0 Å². The lowest BCUT2D eigenvalue weighted by molar-refractivity contribution is 0.413. The van der Waals surface area contributed by atoms with Gasteiger partial charge in [-0.15, -0.1) is 0 Å². The van der Waals surface area contributed by atoms with Gasteiger partial charge >= 0.3 is 0 Å². The monoisotopic (exact) mass is 202 g/mol. The van der Waals surface area contributed by atoms with Crippen molar-refractivity contribution in [1.29, 1.82) is 0 Å². The summed E-state index contributed by atoms with van der Waals surface area (Å²) in [4.78, 5) is 11.9. The number of nitrogen functional groups attached to an aromatic ring is 1. The van der Waals surface area contributed by atoms with Gasteiger partial charge in [-0.25, -0.2) is 9.97 Å². The standard InChI is InChI=1S/C10H10N4O/c1-15-8-2-7(3-12-4-8)9-5-13-6-14-10(9)11/h2-6H,1H3,(H2,11,13,14). The molecule has 2 rings (SSSR count). The molecule has 0 bridgehead atoms. The number of rotatable bonds is 2. The Morgan fingerprint density at radius 2 is 2.07 bits per heavy atom. The number of hydrogen-bond donors (Lipinski definition) is 1. The molecule has 0 spiro atoms. The number of aromatic nitrogens is 3. The van der Waals surface area contributed by atoms with Crippen LogP contribution in [0.15, 0.2) is 31.0 Å². The molecular formula is C10H10N4O. The first kappa shape index (κ1) is 9.39. The zero-order valence-electron chi connectivity index (χ0n) is 8.21.